The van der Waals surface area contributed by atoms with Gasteiger partial charge < -0.3 is 10.2 Å². The highest BCUT2D eigenvalue weighted by molar-refractivity contribution is 4.93. The second-order valence-corrected chi connectivity index (χ2v) is 6.58. The molecule has 0 radical (unpaired) electrons. The van der Waals surface area contributed by atoms with Gasteiger partial charge in [0.15, 0.2) is 0 Å². The lowest BCUT2D eigenvalue weighted by Gasteiger charge is -2.42. The number of nitrogens with one attached hydrogen (secondary N) is 1. The van der Waals surface area contributed by atoms with Crippen molar-refractivity contribution in [2.45, 2.75) is 38.1 Å². The van der Waals surface area contributed by atoms with Crippen molar-refractivity contribution in [3.05, 3.63) is 0 Å². The molecule has 3 heteroatoms. The first-order valence-corrected chi connectivity index (χ1v) is 7.98. The highest BCUT2D eigenvalue weighted by Gasteiger charge is 2.38. The fourth-order valence-electron chi connectivity index (χ4n) is 4.33. The minimum Gasteiger partial charge on any atom is -0.320 e. The Labute approximate surface area is 112 Å². The summed E-state index contributed by atoms with van der Waals surface area (Å²) in [6.07, 6.45) is 7.16. The summed E-state index contributed by atoms with van der Waals surface area (Å²) in [7, 11) is 2.07. The maximum atomic E-state index is 3.29. The fraction of sp³-hybridized carbons (Fsp3) is 1.00. The maximum Gasteiger partial charge on any atom is 0.0148 e. The van der Waals surface area contributed by atoms with Crippen molar-refractivity contribution in [2.75, 3.05) is 46.3 Å². The molecule has 0 aromatic heterocycles. The van der Waals surface area contributed by atoms with Crippen LogP contribution in [0.4, 0.5) is 0 Å². The number of rotatable bonds is 4. The molecule has 18 heavy (non-hydrogen) atoms. The molecule has 0 spiro atoms. The minimum absolute atomic E-state index is 0.925. The van der Waals surface area contributed by atoms with E-state index in [-0.39, 0.29) is 0 Å². The predicted octanol–water partition coefficient (Wildman–Crippen LogP) is 1.40. The molecular formula is C15H29N3. The minimum atomic E-state index is 0.925. The molecule has 0 aromatic carbocycles. The number of piperidine rings is 2. The first-order valence-electron chi connectivity index (χ1n) is 7.98. The normalized spacial score (nSPS) is 38.2. The van der Waals surface area contributed by atoms with E-state index < -0.39 is 0 Å². The number of likely N-dealkylation sites (tertiary alicyclic amines) is 1. The lowest BCUT2D eigenvalue weighted by Crippen LogP contribution is -2.49. The van der Waals surface area contributed by atoms with Gasteiger partial charge in [0, 0.05) is 12.6 Å². The van der Waals surface area contributed by atoms with E-state index >= 15 is 0 Å². The van der Waals surface area contributed by atoms with Gasteiger partial charge in [0.2, 0.25) is 0 Å². The molecule has 0 amide bonds. The van der Waals surface area contributed by atoms with Crippen LogP contribution in [0.25, 0.3) is 0 Å². The lowest BCUT2D eigenvalue weighted by molar-refractivity contribution is 0.0662. The average Bonchev–Trinajstić information content (AvgIpc) is 2.79. The van der Waals surface area contributed by atoms with Crippen molar-refractivity contribution in [3.63, 3.8) is 0 Å². The summed E-state index contributed by atoms with van der Waals surface area (Å²) < 4.78 is 0. The van der Waals surface area contributed by atoms with Gasteiger partial charge in [0.05, 0.1) is 0 Å². The van der Waals surface area contributed by atoms with E-state index in [9.17, 15) is 0 Å². The van der Waals surface area contributed by atoms with Gasteiger partial charge in [-0.1, -0.05) is 0 Å². The van der Waals surface area contributed by atoms with Crippen LogP contribution in [0.1, 0.15) is 32.1 Å². The zero-order chi connectivity index (χ0) is 12.4. The Hall–Kier alpha value is -0.120. The Bertz CT molecular complexity index is 260. The molecule has 104 valence electrons. The molecule has 2 bridgehead atoms. The molecule has 3 rings (SSSR count). The van der Waals surface area contributed by atoms with E-state index in [0.29, 0.717) is 0 Å². The predicted molar refractivity (Wildman–Crippen MR) is 75.8 cm³/mol. The quantitative estimate of drug-likeness (QED) is 0.815. The molecule has 1 N–H and O–H groups in total. The summed E-state index contributed by atoms with van der Waals surface area (Å²) >= 11 is 0. The van der Waals surface area contributed by atoms with Crippen molar-refractivity contribution in [2.24, 2.45) is 11.8 Å². The molecule has 3 aliphatic heterocycles. The van der Waals surface area contributed by atoms with E-state index in [1.807, 2.05) is 0 Å². The third-order valence-corrected chi connectivity index (χ3v) is 5.51. The van der Waals surface area contributed by atoms with Crippen molar-refractivity contribution in [3.8, 4) is 0 Å². The molecule has 3 unspecified atom stereocenters. The molecule has 3 fully saturated rings. The maximum absolute atomic E-state index is 3.29. The second-order valence-electron chi connectivity index (χ2n) is 6.58. The van der Waals surface area contributed by atoms with Gasteiger partial charge in [-0.3, -0.25) is 4.90 Å². The van der Waals surface area contributed by atoms with Crippen molar-refractivity contribution in [1.82, 2.24) is 15.1 Å². The molecule has 3 aliphatic rings. The Kier molecular flexibility index (Phi) is 4.22. The third-order valence-electron chi connectivity index (χ3n) is 5.51. The van der Waals surface area contributed by atoms with Crippen LogP contribution < -0.4 is 5.32 Å². The smallest absolute Gasteiger partial charge is 0.0148 e. The van der Waals surface area contributed by atoms with E-state index in [1.165, 1.54) is 71.4 Å². The molecule has 3 atom stereocenters. The van der Waals surface area contributed by atoms with E-state index in [0.717, 1.165) is 17.9 Å². The van der Waals surface area contributed by atoms with Crippen LogP contribution in [0.15, 0.2) is 0 Å². The molecule has 3 saturated heterocycles. The first-order chi connectivity index (χ1) is 8.86. The summed E-state index contributed by atoms with van der Waals surface area (Å²) in [6.45, 7) is 8.07. The zero-order valence-corrected chi connectivity index (χ0v) is 11.9. The number of hydrogen-bond acceptors (Lipinski definition) is 3. The molecular weight excluding hydrogens is 222 g/mol. The summed E-state index contributed by atoms with van der Waals surface area (Å²) in [5.74, 6) is 1.98. The summed E-state index contributed by atoms with van der Waals surface area (Å²) in [4.78, 5) is 5.50. The van der Waals surface area contributed by atoms with Crippen molar-refractivity contribution in [1.29, 1.82) is 0 Å². The van der Waals surface area contributed by atoms with Crippen LogP contribution in [0, 0.1) is 11.8 Å². The Morgan fingerprint density at radius 3 is 2.56 bits per heavy atom. The van der Waals surface area contributed by atoms with Gasteiger partial charge in [-0.05, 0) is 83.7 Å². The molecule has 0 saturated carbocycles. The highest BCUT2D eigenvalue weighted by atomic mass is 15.2. The number of nitrogens with zero attached hydrogens (tertiary/aromatic N) is 2. The first kappa shape index (κ1) is 12.9. The number of hydrogen-bond donors (Lipinski definition) is 1. The Balaban J connectivity index is 1.47. The zero-order valence-electron chi connectivity index (χ0n) is 11.9. The van der Waals surface area contributed by atoms with Gasteiger partial charge >= 0.3 is 0 Å². The highest BCUT2D eigenvalue weighted by Crippen LogP contribution is 2.33. The molecule has 3 heterocycles. The Morgan fingerprint density at radius 2 is 1.78 bits per heavy atom. The van der Waals surface area contributed by atoms with E-state index in [1.54, 1.807) is 0 Å². The molecule has 0 aromatic rings. The SMILES string of the molecule is CNCCC1CCN(C2CCN3CCC2C3)CC1. The number of fused-ring (bicyclic) bond motifs is 2. The molecule has 0 aliphatic carbocycles. The van der Waals surface area contributed by atoms with Crippen LogP contribution in [-0.2, 0) is 0 Å². The monoisotopic (exact) mass is 251 g/mol. The van der Waals surface area contributed by atoms with E-state index in [2.05, 4.69) is 22.2 Å². The third kappa shape index (κ3) is 2.73. The topological polar surface area (TPSA) is 18.5 Å². The summed E-state index contributed by atoms with van der Waals surface area (Å²) in [6, 6.07) is 0.925. The largest absolute Gasteiger partial charge is 0.320 e. The Morgan fingerprint density at radius 1 is 1.00 bits per heavy atom. The second kappa shape index (κ2) is 5.89. The van der Waals surface area contributed by atoms with Crippen molar-refractivity contribution >= 4 is 0 Å². The van der Waals surface area contributed by atoms with Gasteiger partial charge in [0.1, 0.15) is 0 Å². The van der Waals surface area contributed by atoms with Crippen LogP contribution >= 0.6 is 0 Å². The standard InChI is InChI=1S/C15H29N3/c1-16-7-2-13-3-10-18(11-4-13)15-6-9-17-8-5-14(15)12-17/h13-16H,2-12H2,1H3. The molecule has 3 nitrogen and oxygen atoms in total. The fourth-order valence-corrected chi connectivity index (χ4v) is 4.33. The van der Waals surface area contributed by atoms with E-state index in [4.69, 9.17) is 0 Å². The van der Waals surface area contributed by atoms with Gasteiger partial charge in [-0.15, -0.1) is 0 Å². The summed E-state index contributed by atoms with van der Waals surface area (Å²) in [5, 5.41) is 3.29. The summed E-state index contributed by atoms with van der Waals surface area (Å²) in [5.41, 5.74) is 0. The van der Waals surface area contributed by atoms with Gasteiger partial charge in [-0.2, -0.15) is 0 Å². The van der Waals surface area contributed by atoms with Crippen molar-refractivity contribution < 1.29 is 0 Å². The average molecular weight is 251 g/mol. The van der Waals surface area contributed by atoms with Crippen LogP contribution in [-0.4, -0.2) is 62.2 Å². The lowest BCUT2D eigenvalue weighted by atomic mass is 9.88. The van der Waals surface area contributed by atoms with Gasteiger partial charge in [0.25, 0.3) is 0 Å². The van der Waals surface area contributed by atoms with Crippen LogP contribution in [0.3, 0.4) is 0 Å². The van der Waals surface area contributed by atoms with Crippen LogP contribution in [0.2, 0.25) is 0 Å². The van der Waals surface area contributed by atoms with Gasteiger partial charge in [-0.25, -0.2) is 0 Å². The van der Waals surface area contributed by atoms with Crippen LogP contribution in [0.5, 0.6) is 0 Å².